The molecule has 7 heteroatoms. The molecule has 2 amide bonds. The van der Waals surface area contributed by atoms with E-state index in [1.165, 1.54) is 0 Å². The Kier molecular flexibility index (Phi) is 4.42. The number of hydrogen-bond donors (Lipinski definition) is 3. The highest BCUT2D eigenvalue weighted by molar-refractivity contribution is 5.97. The van der Waals surface area contributed by atoms with Gasteiger partial charge >= 0.3 is 12.0 Å². The van der Waals surface area contributed by atoms with Crippen LogP contribution >= 0.6 is 0 Å². The lowest BCUT2D eigenvalue weighted by molar-refractivity contribution is -0.137. The van der Waals surface area contributed by atoms with Gasteiger partial charge in [-0.25, -0.2) is 4.79 Å². The van der Waals surface area contributed by atoms with Gasteiger partial charge in [-0.2, -0.15) is 0 Å². The fourth-order valence-electron chi connectivity index (χ4n) is 2.28. The number of amidine groups is 1. The maximum atomic E-state index is 12.3. The van der Waals surface area contributed by atoms with Gasteiger partial charge in [-0.3, -0.25) is 15.1 Å². The zero-order chi connectivity index (χ0) is 15.4. The van der Waals surface area contributed by atoms with Crippen molar-refractivity contribution in [2.75, 3.05) is 24.5 Å². The molecule has 7 nitrogen and oxygen atoms in total. The molecule has 112 valence electrons. The zero-order valence-electron chi connectivity index (χ0n) is 11.6. The molecule has 0 spiro atoms. The van der Waals surface area contributed by atoms with Gasteiger partial charge in [-0.1, -0.05) is 0 Å². The first-order valence-corrected chi connectivity index (χ1v) is 6.71. The van der Waals surface area contributed by atoms with Crippen LogP contribution in [0.5, 0.6) is 0 Å². The number of hydrogen-bond acceptors (Lipinski definition) is 3. The third-order valence-corrected chi connectivity index (χ3v) is 3.40. The summed E-state index contributed by atoms with van der Waals surface area (Å²) in [4.78, 5) is 26.1. The molecular formula is C14H18N4O3. The number of urea groups is 1. The molecule has 1 aliphatic rings. The van der Waals surface area contributed by atoms with Crippen LogP contribution < -0.4 is 10.6 Å². The Labute approximate surface area is 122 Å². The van der Waals surface area contributed by atoms with E-state index < -0.39 is 5.97 Å². The van der Waals surface area contributed by atoms with E-state index in [0.717, 1.165) is 12.1 Å². The van der Waals surface area contributed by atoms with Crippen molar-refractivity contribution in [2.45, 2.75) is 12.8 Å². The second-order valence-electron chi connectivity index (χ2n) is 4.88. The molecule has 21 heavy (non-hydrogen) atoms. The summed E-state index contributed by atoms with van der Waals surface area (Å²) in [5, 5.41) is 16.1. The Morgan fingerprint density at radius 2 is 1.95 bits per heavy atom. The molecule has 4 N–H and O–H groups in total. The molecule has 0 bridgehead atoms. The first-order chi connectivity index (χ1) is 9.99. The van der Waals surface area contributed by atoms with Crippen molar-refractivity contribution < 1.29 is 14.7 Å². The van der Waals surface area contributed by atoms with Crippen LogP contribution in [0, 0.1) is 5.41 Å². The highest BCUT2D eigenvalue weighted by Gasteiger charge is 2.26. The maximum Gasteiger partial charge on any atom is 0.324 e. The van der Waals surface area contributed by atoms with Crippen LogP contribution in [0.15, 0.2) is 24.3 Å². The number of nitrogens with one attached hydrogen (secondary N) is 1. The molecule has 0 atom stereocenters. The molecule has 2 rings (SSSR count). The van der Waals surface area contributed by atoms with Crippen LogP contribution in [0.2, 0.25) is 0 Å². The van der Waals surface area contributed by atoms with Crippen LogP contribution in [0.3, 0.4) is 0 Å². The Morgan fingerprint density at radius 3 is 2.52 bits per heavy atom. The van der Waals surface area contributed by atoms with Crippen molar-refractivity contribution in [1.82, 2.24) is 4.90 Å². The number of anilines is 1. The fourth-order valence-corrected chi connectivity index (χ4v) is 2.28. The summed E-state index contributed by atoms with van der Waals surface area (Å²) in [6, 6.07) is 6.70. The molecule has 1 saturated heterocycles. The summed E-state index contributed by atoms with van der Waals surface area (Å²) in [6.45, 7) is 1.40. The summed E-state index contributed by atoms with van der Waals surface area (Å²) in [5.74, 6) is -0.930. The van der Waals surface area contributed by atoms with E-state index in [1.807, 2.05) is 0 Å². The van der Waals surface area contributed by atoms with E-state index in [2.05, 4.69) is 0 Å². The van der Waals surface area contributed by atoms with Crippen molar-refractivity contribution in [1.29, 1.82) is 5.41 Å². The van der Waals surface area contributed by atoms with Crippen LogP contribution in [0.25, 0.3) is 0 Å². The van der Waals surface area contributed by atoms with Gasteiger partial charge in [0.1, 0.15) is 5.84 Å². The molecule has 0 aliphatic carbocycles. The minimum atomic E-state index is -0.911. The number of carboxylic acids is 1. The average molecular weight is 290 g/mol. The lowest BCUT2D eigenvalue weighted by Gasteiger charge is -2.35. The number of carbonyl (C=O) groups excluding carboxylic acids is 1. The highest BCUT2D eigenvalue weighted by Crippen LogP contribution is 2.20. The summed E-state index contributed by atoms with van der Waals surface area (Å²) in [6.07, 6.45) is 0.739. The quantitative estimate of drug-likeness (QED) is 0.556. The van der Waals surface area contributed by atoms with Crippen molar-refractivity contribution in [2.24, 2.45) is 5.73 Å². The van der Waals surface area contributed by atoms with Crippen molar-refractivity contribution >= 4 is 23.5 Å². The molecular weight excluding hydrogens is 272 g/mol. The third kappa shape index (κ3) is 3.50. The Hall–Kier alpha value is -2.57. The van der Waals surface area contributed by atoms with Gasteiger partial charge in [0.05, 0.1) is 6.42 Å². The number of rotatable bonds is 5. The average Bonchev–Trinajstić information content (AvgIpc) is 2.46. The van der Waals surface area contributed by atoms with Crippen molar-refractivity contribution in [3.8, 4) is 0 Å². The van der Waals surface area contributed by atoms with Gasteiger partial charge in [0.15, 0.2) is 0 Å². The lowest BCUT2D eigenvalue weighted by atomic mass is 10.1. The normalized spacial score (nSPS) is 15.1. The Bertz CT molecular complexity index is 556. The topological polar surface area (TPSA) is 111 Å². The van der Waals surface area contributed by atoms with E-state index in [1.54, 1.807) is 34.1 Å². The van der Waals surface area contributed by atoms with Crippen LogP contribution in [0.1, 0.15) is 18.4 Å². The summed E-state index contributed by atoms with van der Waals surface area (Å²) < 4.78 is 0. The van der Waals surface area contributed by atoms with Gasteiger partial charge in [0, 0.05) is 30.9 Å². The monoisotopic (exact) mass is 290 g/mol. The first kappa shape index (κ1) is 14.8. The molecule has 1 aliphatic heterocycles. The van der Waals surface area contributed by atoms with Gasteiger partial charge in [-0.05, 0) is 30.7 Å². The van der Waals surface area contributed by atoms with Crippen LogP contribution in [0.4, 0.5) is 10.5 Å². The minimum Gasteiger partial charge on any atom is -0.481 e. The van der Waals surface area contributed by atoms with Crippen molar-refractivity contribution in [3.63, 3.8) is 0 Å². The molecule has 1 aromatic rings. The number of aliphatic carboxylic acids is 1. The molecule has 0 unspecified atom stereocenters. The van der Waals surface area contributed by atoms with Gasteiger partial charge < -0.3 is 15.7 Å². The zero-order valence-corrected chi connectivity index (χ0v) is 11.6. The van der Waals surface area contributed by atoms with E-state index in [9.17, 15) is 9.59 Å². The summed E-state index contributed by atoms with van der Waals surface area (Å²) in [7, 11) is 0. The Morgan fingerprint density at radius 1 is 1.29 bits per heavy atom. The SMILES string of the molecule is N=C(N)c1ccc(N2CCCN(CCC(=O)O)C2=O)cc1. The number of nitrogens with zero attached hydrogens (tertiary/aromatic N) is 2. The minimum absolute atomic E-state index is 0.0189. The number of carbonyl (C=O) groups is 2. The number of nitrogens with two attached hydrogens (primary N) is 1. The molecule has 0 saturated carbocycles. The largest absolute Gasteiger partial charge is 0.481 e. The Balaban J connectivity index is 2.09. The molecule has 1 heterocycles. The standard InChI is InChI=1S/C14H18N4O3/c15-13(16)10-2-4-11(5-3-10)18-8-1-7-17(14(18)21)9-6-12(19)20/h2-5H,1,6-9H2,(H3,15,16)(H,19,20). The smallest absolute Gasteiger partial charge is 0.324 e. The molecule has 1 fully saturated rings. The highest BCUT2D eigenvalue weighted by atomic mass is 16.4. The van der Waals surface area contributed by atoms with E-state index in [0.29, 0.717) is 18.7 Å². The summed E-state index contributed by atoms with van der Waals surface area (Å²) in [5.41, 5.74) is 6.73. The van der Waals surface area contributed by atoms with Gasteiger partial charge in [-0.15, -0.1) is 0 Å². The van der Waals surface area contributed by atoms with E-state index in [-0.39, 0.29) is 24.8 Å². The number of amides is 2. The predicted molar refractivity (Wildman–Crippen MR) is 78.6 cm³/mol. The fraction of sp³-hybridized carbons (Fsp3) is 0.357. The molecule has 0 radical (unpaired) electrons. The second kappa shape index (κ2) is 6.25. The van der Waals surface area contributed by atoms with Crippen molar-refractivity contribution in [3.05, 3.63) is 29.8 Å². The molecule has 0 aromatic heterocycles. The number of carboxylic acid groups (broad SMARTS) is 1. The second-order valence-corrected chi connectivity index (χ2v) is 4.88. The first-order valence-electron chi connectivity index (χ1n) is 6.71. The maximum absolute atomic E-state index is 12.3. The number of nitrogen functional groups attached to an aromatic ring is 1. The lowest BCUT2D eigenvalue weighted by Crippen LogP contribution is -2.50. The van der Waals surface area contributed by atoms with Gasteiger partial charge in [0.2, 0.25) is 0 Å². The van der Waals surface area contributed by atoms with Crippen LogP contribution in [-0.4, -0.2) is 47.5 Å². The van der Waals surface area contributed by atoms with E-state index in [4.69, 9.17) is 16.2 Å². The predicted octanol–water partition coefficient (Wildman–Crippen LogP) is 1.08. The molecule has 1 aromatic carbocycles. The third-order valence-electron chi connectivity index (χ3n) is 3.40. The van der Waals surface area contributed by atoms with E-state index >= 15 is 0 Å². The number of benzene rings is 1. The van der Waals surface area contributed by atoms with Crippen LogP contribution in [-0.2, 0) is 4.79 Å². The van der Waals surface area contributed by atoms with Gasteiger partial charge in [0.25, 0.3) is 0 Å². The summed E-state index contributed by atoms with van der Waals surface area (Å²) >= 11 is 0.